The third-order valence-corrected chi connectivity index (χ3v) is 4.82. The molecule has 4 atom stereocenters. The van der Waals surface area contributed by atoms with Crippen LogP contribution in [0.3, 0.4) is 0 Å². The van der Waals surface area contributed by atoms with Crippen molar-refractivity contribution in [2.45, 2.75) is 31.8 Å². The molecule has 1 saturated heterocycles. The van der Waals surface area contributed by atoms with Crippen LogP contribution < -0.4 is 5.73 Å². The number of hydrogen-bond acceptors (Lipinski definition) is 2. The van der Waals surface area contributed by atoms with E-state index in [1.54, 1.807) is 12.1 Å². The maximum atomic E-state index is 13.3. The molecular weight excluding hydrogens is 263 g/mol. The van der Waals surface area contributed by atoms with Gasteiger partial charge in [0.15, 0.2) is 0 Å². The minimum atomic E-state index is -0.143. The lowest BCUT2D eigenvalue weighted by Crippen LogP contribution is -2.31. The van der Waals surface area contributed by atoms with Gasteiger partial charge in [-0.3, -0.25) is 4.90 Å². The molecule has 0 amide bonds. The van der Waals surface area contributed by atoms with Crippen LogP contribution in [0.5, 0.6) is 0 Å². The SMILES string of the molecule is CC(c1cccc(F)c1)N1CC2CCC(N)C2C1.Cl. The Morgan fingerprint density at radius 2 is 2.11 bits per heavy atom. The molecule has 1 saturated carbocycles. The van der Waals surface area contributed by atoms with E-state index >= 15 is 0 Å². The van der Waals surface area contributed by atoms with Crippen molar-refractivity contribution in [1.82, 2.24) is 4.90 Å². The van der Waals surface area contributed by atoms with Crippen molar-refractivity contribution in [3.63, 3.8) is 0 Å². The van der Waals surface area contributed by atoms with Gasteiger partial charge in [-0.1, -0.05) is 12.1 Å². The fraction of sp³-hybridized carbons (Fsp3) is 0.600. The second kappa shape index (κ2) is 5.78. The van der Waals surface area contributed by atoms with Crippen molar-refractivity contribution >= 4 is 12.4 Å². The Bertz CT molecular complexity index is 440. The summed E-state index contributed by atoms with van der Waals surface area (Å²) in [5, 5.41) is 0. The standard InChI is InChI=1S/C15H21FN2.ClH/c1-10(11-3-2-4-13(16)7-11)18-8-12-5-6-15(17)14(12)9-18;/h2-4,7,10,12,14-15H,5-6,8-9,17H2,1H3;1H. The maximum Gasteiger partial charge on any atom is 0.123 e. The Balaban J connectivity index is 0.00000133. The lowest BCUT2D eigenvalue weighted by atomic mass is 9.98. The molecule has 3 rings (SSSR count). The van der Waals surface area contributed by atoms with Gasteiger partial charge in [-0.2, -0.15) is 0 Å². The van der Waals surface area contributed by atoms with E-state index in [2.05, 4.69) is 11.8 Å². The minimum absolute atomic E-state index is 0. The highest BCUT2D eigenvalue weighted by Gasteiger charge is 2.42. The largest absolute Gasteiger partial charge is 0.327 e. The number of hydrogen-bond donors (Lipinski definition) is 1. The van der Waals surface area contributed by atoms with E-state index < -0.39 is 0 Å². The molecule has 2 nitrogen and oxygen atoms in total. The number of nitrogens with two attached hydrogens (primary N) is 1. The van der Waals surface area contributed by atoms with Crippen molar-refractivity contribution in [3.8, 4) is 0 Å². The van der Waals surface area contributed by atoms with Crippen LogP contribution >= 0.6 is 12.4 Å². The van der Waals surface area contributed by atoms with E-state index in [4.69, 9.17) is 5.73 Å². The quantitative estimate of drug-likeness (QED) is 0.905. The van der Waals surface area contributed by atoms with E-state index in [1.807, 2.05) is 6.07 Å². The molecular formula is C15H22ClFN2. The van der Waals surface area contributed by atoms with Crippen LogP contribution in [-0.2, 0) is 0 Å². The fourth-order valence-corrected chi connectivity index (χ4v) is 3.64. The summed E-state index contributed by atoms with van der Waals surface area (Å²) in [6.07, 6.45) is 2.44. The lowest BCUT2D eigenvalue weighted by Gasteiger charge is -2.26. The van der Waals surface area contributed by atoms with Crippen molar-refractivity contribution in [2.75, 3.05) is 13.1 Å². The Morgan fingerprint density at radius 1 is 1.32 bits per heavy atom. The molecule has 2 aliphatic rings. The number of nitrogens with zero attached hydrogens (tertiary/aromatic N) is 1. The monoisotopic (exact) mass is 284 g/mol. The van der Waals surface area contributed by atoms with Crippen LogP contribution in [-0.4, -0.2) is 24.0 Å². The van der Waals surface area contributed by atoms with Gasteiger partial charge in [-0.25, -0.2) is 4.39 Å². The number of halogens is 2. The first kappa shape index (κ1) is 14.8. The molecule has 1 aromatic rings. The van der Waals surface area contributed by atoms with Gasteiger partial charge in [0.1, 0.15) is 5.82 Å². The Morgan fingerprint density at radius 3 is 2.79 bits per heavy atom. The van der Waals surface area contributed by atoms with Gasteiger partial charge >= 0.3 is 0 Å². The molecule has 0 aromatic heterocycles. The highest BCUT2D eigenvalue weighted by Crippen LogP contribution is 2.40. The Labute approximate surface area is 120 Å². The summed E-state index contributed by atoms with van der Waals surface area (Å²) in [6, 6.07) is 7.63. The van der Waals surface area contributed by atoms with Crippen molar-refractivity contribution in [2.24, 2.45) is 17.6 Å². The Hall–Kier alpha value is -0.640. The van der Waals surface area contributed by atoms with E-state index in [-0.39, 0.29) is 18.2 Å². The van der Waals surface area contributed by atoms with Gasteiger partial charge in [0.05, 0.1) is 0 Å². The van der Waals surface area contributed by atoms with Crippen molar-refractivity contribution < 1.29 is 4.39 Å². The summed E-state index contributed by atoms with van der Waals surface area (Å²) in [7, 11) is 0. The second-order valence-electron chi connectivity index (χ2n) is 5.85. The molecule has 4 heteroatoms. The predicted molar refractivity (Wildman–Crippen MR) is 77.8 cm³/mol. The first-order chi connectivity index (χ1) is 8.65. The summed E-state index contributed by atoms with van der Waals surface area (Å²) < 4.78 is 13.3. The fourth-order valence-electron chi connectivity index (χ4n) is 3.64. The maximum absolute atomic E-state index is 13.3. The molecule has 19 heavy (non-hydrogen) atoms. The van der Waals surface area contributed by atoms with Crippen LogP contribution in [0.1, 0.15) is 31.4 Å². The lowest BCUT2D eigenvalue weighted by molar-refractivity contribution is 0.238. The number of benzene rings is 1. The highest BCUT2D eigenvalue weighted by molar-refractivity contribution is 5.85. The van der Waals surface area contributed by atoms with E-state index in [0.717, 1.165) is 24.6 Å². The molecule has 1 aliphatic carbocycles. The molecule has 2 N–H and O–H groups in total. The normalized spacial score (nSPS) is 31.8. The molecule has 1 heterocycles. The molecule has 1 aromatic carbocycles. The predicted octanol–water partition coefficient (Wildman–Crippen LogP) is 2.98. The first-order valence-electron chi connectivity index (χ1n) is 6.90. The van der Waals surface area contributed by atoms with Crippen LogP contribution in [0, 0.1) is 17.7 Å². The molecule has 106 valence electrons. The van der Waals surface area contributed by atoms with Gasteiger partial charge in [0.2, 0.25) is 0 Å². The van der Waals surface area contributed by atoms with Gasteiger partial charge < -0.3 is 5.73 Å². The van der Waals surface area contributed by atoms with E-state index in [0.29, 0.717) is 18.0 Å². The number of fused-ring (bicyclic) bond motifs is 1. The molecule has 2 fully saturated rings. The van der Waals surface area contributed by atoms with Crippen LogP contribution in [0.4, 0.5) is 4.39 Å². The minimum Gasteiger partial charge on any atom is -0.327 e. The van der Waals surface area contributed by atoms with E-state index in [1.165, 1.54) is 18.9 Å². The van der Waals surface area contributed by atoms with Gasteiger partial charge in [0.25, 0.3) is 0 Å². The zero-order valence-electron chi connectivity index (χ0n) is 11.3. The van der Waals surface area contributed by atoms with Gasteiger partial charge in [-0.15, -0.1) is 12.4 Å². The van der Waals surface area contributed by atoms with E-state index in [9.17, 15) is 4.39 Å². The first-order valence-corrected chi connectivity index (χ1v) is 6.90. The average molecular weight is 285 g/mol. The third-order valence-electron chi connectivity index (χ3n) is 4.82. The molecule has 0 bridgehead atoms. The highest BCUT2D eigenvalue weighted by atomic mass is 35.5. The molecule has 1 aliphatic heterocycles. The number of likely N-dealkylation sites (tertiary alicyclic amines) is 1. The van der Waals surface area contributed by atoms with Crippen LogP contribution in [0.25, 0.3) is 0 Å². The zero-order chi connectivity index (χ0) is 12.7. The summed E-state index contributed by atoms with van der Waals surface area (Å²) in [5.74, 6) is 1.27. The smallest absolute Gasteiger partial charge is 0.123 e. The zero-order valence-corrected chi connectivity index (χ0v) is 12.1. The molecule has 4 unspecified atom stereocenters. The summed E-state index contributed by atoms with van der Waals surface area (Å²) in [6.45, 7) is 4.36. The molecule has 0 radical (unpaired) electrons. The summed E-state index contributed by atoms with van der Waals surface area (Å²) in [4.78, 5) is 2.46. The molecule has 0 spiro atoms. The number of rotatable bonds is 2. The Kier molecular flexibility index (Phi) is 4.49. The van der Waals surface area contributed by atoms with Gasteiger partial charge in [0, 0.05) is 25.2 Å². The summed E-state index contributed by atoms with van der Waals surface area (Å²) in [5.41, 5.74) is 7.23. The van der Waals surface area contributed by atoms with Crippen molar-refractivity contribution in [1.29, 1.82) is 0 Å². The van der Waals surface area contributed by atoms with Gasteiger partial charge in [-0.05, 0) is 49.3 Å². The van der Waals surface area contributed by atoms with Crippen molar-refractivity contribution in [3.05, 3.63) is 35.6 Å². The summed E-state index contributed by atoms with van der Waals surface area (Å²) >= 11 is 0. The van der Waals surface area contributed by atoms with Crippen LogP contribution in [0.2, 0.25) is 0 Å². The van der Waals surface area contributed by atoms with Crippen LogP contribution in [0.15, 0.2) is 24.3 Å². The third kappa shape index (κ3) is 2.78. The topological polar surface area (TPSA) is 29.3 Å². The second-order valence-corrected chi connectivity index (χ2v) is 5.85. The average Bonchev–Trinajstić information content (AvgIpc) is 2.91.